The van der Waals surface area contributed by atoms with Gasteiger partial charge >= 0.3 is 0 Å². The number of carbonyl (C=O) groups excluding carboxylic acids is 2. The molecule has 1 amide bonds. The van der Waals surface area contributed by atoms with E-state index >= 15 is 0 Å². The molecule has 0 radical (unpaired) electrons. The van der Waals surface area contributed by atoms with Crippen molar-refractivity contribution in [2.24, 2.45) is 0 Å². The molecule has 0 atom stereocenters. The Balaban J connectivity index is 2.40. The number of hydrogen-bond acceptors (Lipinski definition) is 6. The second kappa shape index (κ2) is 8.85. The van der Waals surface area contributed by atoms with Gasteiger partial charge in [0.1, 0.15) is 10.6 Å². The average molecular weight is 405 g/mol. The molecule has 150 valence electrons. The molecule has 0 saturated carbocycles. The Morgan fingerprint density at radius 3 is 2.32 bits per heavy atom. The van der Waals surface area contributed by atoms with E-state index in [1.54, 1.807) is 13.8 Å². The molecule has 9 heteroatoms. The monoisotopic (exact) mass is 405 g/mol. The van der Waals surface area contributed by atoms with Crippen LogP contribution >= 0.6 is 0 Å². The lowest BCUT2D eigenvalue weighted by Gasteiger charge is -2.20. The summed E-state index contributed by atoms with van der Waals surface area (Å²) >= 11 is 0. The van der Waals surface area contributed by atoms with Crippen LogP contribution in [0.1, 0.15) is 34.6 Å². The van der Waals surface area contributed by atoms with E-state index in [9.17, 15) is 23.1 Å². The summed E-state index contributed by atoms with van der Waals surface area (Å²) in [5, 5.41) is 13.5. The van der Waals surface area contributed by atoms with Crippen LogP contribution in [-0.2, 0) is 10.0 Å². The highest BCUT2D eigenvalue weighted by molar-refractivity contribution is 7.89. The summed E-state index contributed by atoms with van der Waals surface area (Å²) in [6, 6.07) is 9.65. The largest absolute Gasteiger partial charge is 0.545 e. The van der Waals surface area contributed by atoms with E-state index < -0.39 is 21.9 Å². The van der Waals surface area contributed by atoms with E-state index in [4.69, 9.17) is 4.74 Å². The minimum Gasteiger partial charge on any atom is -0.545 e. The number of nitrogens with one attached hydrogen (secondary N) is 1. The molecule has 0 bridgehead atoms. The zero-order valence-electron chi connectivity index (χ0n) is 15.8. The van der Waals surface area contributed by atoms with Gasteiger partial charge in [-0.25, -0.2) is 8.42 Å². The Morgan fingerprint density at radius 2 is 1.75 bits per heavy atom. The number of methoxy groups -OCH3 is 1. The summed E-state index contributed by atoms with van der Waals surface area (Å²) in [4.78, 5) is 23.4. The fourth-order valence-electron chi connectivity index (χ4n) is 2.65. The van der Waals surface area contributed by atoms with Crippen LogP contribution in [0.25, 0.3) is 0 Å². The van der Waals surface area contributed by atoms with Crippen LogP contribution in [0.2, 0.25) is 0 Å². The van der Waals surface area contributed by atoms with Crippen LogP contribution in [0.15, 0.2) is 47.4 Å². The third kappa shape index (κ3) is 4.49. The molecule has 8 nitrogen and oxygen atoms in total. The van der Waals surface area contributed by atoms with Crippen molar-refractivity contribution >= 4 is 27.6 Å². The van der Waals surface area contributed by atoms with Gasteiger partial charge in [0, 0.05) is 24.3 Å². The zero-order chi connectivity index (χ0) is 20.9. The molecule has 0 aliphatic carbocycles. The van der Waals surface area contributed by atoms with Gasteiger partial charge in [-0.2, -0.15) is 4.31 Å². The molecule has 0 aromatic heterocycles. The number of nitrogens with zero attached hydrogens (tertiary/aromatic N) is 1. The smallest absolute Gasteiger partial charge is 0.255 e. The summed E-state index contributed by atoms with van der Waals surface area (Å²) in [6.07, 6.45) is 0. The van der Waals surface area contributed by atoms with E-state index in [-0.39, 0.29) is 40.5 Å². The van der Waals surface area contributed by atoms with Gasteiger partial charge in [-0.15, -0.1) is 0 Å². The van der Waals surface area contributed by atoms with E-state index in [1.807, 2.05) is 0 Å². The third-order valence-electron chi connectivity index (χ3n) is 4.11. The maximum Gasteiger partial charge on any atom is 0.255 e. The van der Waals surface area contributed by atoms with Gasteiger partial charge in [0.05, 0.1) is 13.1 Å². The number of hydrogen-bond donors (Lipinski definition) is 1. The Kier molecular flexibility index (Phi) is 6.76. The molecule has 2 aromatic rings. The quantitative estimate of drug-likeness (QED) is 0.709. The molecular weight excluding hydrogens is 384 g/mol. The normalized spacial score (nSPS) is 11.3. The lowest BCUT2D eigenvalue weighted by molar-refractivity contribution is -0.255. The number of rotatable bonds is 8. The second-order valence-corrected chi connectivity index (χ2v) is 7.68. The molecular formula is C19H21N2O6S-. The summed E-state index contributed by atoms with van der Waals surface area (Å²) in [5.41, 5.74) is 0.249. The van der Waals surface area contributed by atoms with Crippen molar-refractivity contribution < 1.29 is 27.9 Å². The summed E-state index contributed by atoms with van der Waals surface area (Å²) in [5.74, 6) is -1.83. The minimum atomic E-state index is -3.85. The lowest BCUT2D eigenvalue weighted by Crippen LogP contribution is -2.31. The first-order valence-corrected chi connectivity index (χ1v) is 9.99. The predicted molar refractivity (Wildman–Crippen MR) is 102 cm³/mol. The number of aromatic carboxylic acids is 1. The first-order valence-electron chi connectivity index (χ1n) is 8.55. The van der Waals surface area contributed by atoms with Crippen molar-refractivity contribution in [2.45, 2.75) is 18.7 Å². The molecule has 2 rings (SSSR count). The van der Waals surface area contributed by atoms with Crippen molar-refractivity contribution in [1.82, 2.24) is 4.31 Å². The number of amides is 1. The van der Waals surface area contributed by atoms with Gasteiger partial charge in [-0.05, 0) is 35.9 Å². The highest BCUT2D eigenvalue weighted by Gasteiger charge is 2.26. The number of sulfonamides is 1. The Morgan fingerprint density at radius 1 is 1.07 bits per heavy atom. The van der Waals surface area contributed by atoms with Gasteiger partial charge in [0.2, 0.25) is 10.0 Å². The van der Waals surface area contributed by atoms with E-state index in [0.29, 0.717) is 0 Å². The van der Waals surface area contributed by atoms with Crippen LogP contribution in [0.3, 0.4) is 0 Å². The molecule has 0 spiro atoms. The Hall–Kier alpha value is -2.91. The molecule has 0 unspecified atom stereocenters. The number of anilines is 1. The highest BCUT2D eigenvalue weighted by Crippen LogP contribution is 2.28. The molecule has 0 aliphatic rings. The zero-order valence-corrected chi connectivity index (χ0v) is 16.6. The first kappa shape index (κ1) is 21.4. The lowest BCUT2D eigenvalue weighted by atomic mass is 10.1. The van der Waals surface area contributed by atoms with Gasteiger partial charge in [0.25, 0.3) is 5.91 Å². The number of benzene rings is 2. The first-order chi connectivity index (χ1) is 13.2. The average Bonchev–Trinajstić information content (AvgIpc) is 2.68. The number of ether oxygens (including phenoxy) is 1. The molecule has 0 fully saturated rings. The van der Waals surface area contributed by atoms with Gasteiger partial charge in [-0.3, -0.25) is 4.79 Å². The Bertz CT molecular complexity index is 984. The van der Waals surface area contributed by atoms with E-state index in [0.717, 1.165) is 0 Å². The predicted octanol–water partition coefficient (Wildman–Crippen LogP) is 1.34. The highest BCUT2D eigenvalue weighted by atomic mass is 32.2. The van der Waals surface area contributed by atoms with Crippen LogP contribution < -0.4 is 15.2 Å². The topological polar surface area (TPSA) is 116 Å². The van der Waals surface area contributed by atoms with Gasteiger partial charge in [0.15, 0.2) is 0 Å². The maximum atomic E-state index is 12.9. The third-order valence-corrected chi connectivity index (χ3v) is 6.18. The Labute approximate surface area is 163 Å². The van der Waals surface area contributed by atoms with Crippen LogP contribution in [0, 0.1) is 0 Å². The van der Waals surface area contributed by atoms with Crippen molar-refractivity contribution in [3.63, 3.8) is 0 Å². The minimum absolute atomic E-state index is 0.0858. The summed E-state index contributed by atoms with van der Waals surface area (Å²) < 4.78 is 32.2. The molecule has 2 aromatic carbocycles. The van der Waals surface area contributed by atoms with Crippen molar-refractivity contribution in [3.8, 4) is 5.75 Å². The maximum absolute atomic E-state index is 12.9. The van der Waals surface area contributed by atoms with Crippen LogP contribution in [0.5, 0.6) is 5.75 Å². The van der Waals surface area contributed by atoms with Crippen LogP contribution in [-0.4, -0.2) is 44.8 Å². The fourth-order valence-corrected chi connectivity index (χ4v) is 4.29. The molecule has 0 saturated heterocycles. The summed E-state index contributed by atoms with van der Waals surface area (Å²) in [7, 11) is -2.50. The number of carboxylic acids is 1. The number of carboxylic acid groups (broad SMARTS) is 1. The molecule has 0 aliphatic heterocycles. The van der Waals surface area contributed by atoms with Gasteiger partial charge < -0.3 is 20.0 Å². The SMILES string of the molecule is CCN(CC)S(=O)(=O)c1cc(C(=O)Nc2cccc(C(=O)[O-])c2)ccc1OC. The fraction of sp³-hybridized carbons (Fsp3) is 0.263. The van der Waals surface area contributed by atoms with E-state index in [2.05, 4.69) is 5.32 Å². The second-order valence-electron chi connectivity index (χ2n) is 5.78. The van der Waals surface area contributed by atoms with Crippen molar-refractivity contribution in [2.75, 3.05) is 25.5 Å². The van der Waals surface area contributed by atoms with Gasteiger partial charge in [-0.1, -0.05) is 26.0 Å². The standard InChI is InChI=1S/C19H22N2O6S/c1-4-21(5-2)28(25,26)17-12-13(9-10-16(17)27-3)18(22)20-15-8-6-7-14(11-15)19(23)24/h6-12H,4-5H2,1-3H3,(H,20,22)(H,23,24)/p-1. The summed E-state index contributed by atoms with van der Waals surface area (Å²) in [6.45, 7) is 3.98. The molecule has 1 N–H and O–H groups in total. The van der Waals surface area contributed by atoms with Crippen molar-refractivity contribution in [1.29, 1.82) is 0 Å². The molecule has 28 heavy (non-hydrogen) atoms. The number of carbonyl (C=O) groups is 2. The molecule has 0 heterocycles. The van der Waals surface area contributed by atoms with E-state index in [1.165, 1.54) is 53.9 Å². The van der Waals surface area contributed by atoms with Crippen LogP contribution in [0.4, 0.5) is 5.69 Å². The van der Waals surface area contributed by atoms with Crippen molar-refractivity contribution in [3.05, 3.63) is 53.6 Å².